The van der Waals surface area contributed by atoms with E-state index in [2.05, 4.69) is 20.9 Å². The Morgan fingerprint density at radius 2 is 1.96 bits per heavy atom. The molecule has 0 fully saturated rings. The van der Waals surface area contributed by atoms with Gasteiger partial charge >= 0.3 is 6.03 Å². The highest BCUT2D eigenvalue weighted by molar-refractivity contribution is 5.92. The largest absolute Gasteiger partial charge is 0.382 e. The van der Waals surface area contributed by atoms with Crippen LogP contribution < -0.4 is 21.7 Å². The van der Waals surface area contributed by atoms with Gasteiger partial charge in [0.25, 0.3) is 0 Å². The van der Waals surface area contributed by atoms with Gasteiger partial charge in [-0.25, -0.2) is 14.2 Å². The zero-order chi connectivity index (χ0) is 16.7. The minimum absolute atomic E-state index is 0.223. The zero-order valence-electron chi connectivity index (χ0n) is 12.9. The standard InChI is InChI=1S/C16H20FN5O/c1-2-9-19-16(23)21-13-7-8-14(22-15(13)18)20-10-11-3-5-12(17)6-4-11/h3-8H,2,9-10H2,1H3,(H3,18,20,22)(H2,19,21,23). The van der Waals surface area contributed by atoms with Crippen molar-refractivity contribution in [2.24, 2.45) is 0 Å². The van der Waals surface area contributed by atoms with Gasteiger partial charge in [0, 0.05) is 13.1 Å². The summed E-state index contributed by atoms with van der Waals surface area (Å²) in [6, 6.07) is 9.28. The molecule has 0 saturated carbocycles. The third-order valence-electron chi connectivity index (χ3n) is 3.10. The Morgan fingerprint density at radius 3 is 2.61 bits per heavy atom. The lowest BCUT2D eigenvalue weighted by molar-refractivity contribution is 0.252. The summed E-state index contributed by atoms with van der Waals surface area (Å²) in [6.45, 7) is 3.06. The number of urea groups is 1. The molecule has 1 aromatic carbocycles. The molecule has 0 radical (unpaired) electrons. The Kier molecular flexibility index (Phi) is 5.74. The van der Waals surface area contributed by atoms with Gasteiger partial charge in [-0.1, -0.05) is 19.1 Å². The Morgan fingerprint density at radius 1 is 1.22 bits per heavy atom. The van der Waals surface area contributed by atoms with Crippen molar-refractivity contribution >= 4 is 23.4 Å². The smallest absolute Gasteiger partial charge is 0.319 e. The molecule has 1 heterocycles. The van der Waals surface area contributed by atoms with Crippen molar-refractivity contribution in [3.63, 3.8) is 0 Å². The summed E-state index contributed by atoms with van der Waals surface area (Å²) in [6.07, 6.45) is 0.855. The summed E-state index contributed by atoms with van der Waals surface area (Å²) in [7, 11) is 0. The van der Waals surface area contributed by atoms with Crippen LogP contribution in [0.1, 0.15) is 18.9 Å². The van der Waals surface area contributed by atoms with Crippen LogP contribution in [0.3, 0.4) is 0 Å². The molecule has 0 atom stereocenters. The Hall–Kier alpha value is -2.83. The number of aromatic nitrogens is 1. The van der Waals surface area contributed by atoms with Crippen LogP contribution in [0.25, 0.3) is 0 Å². The molecular formula is C16H20FN5O. The third-order valence-corrected chi connectivity index (χ3v) is 3.10. The molecule has 2 rings (SSSR count). The number of rotatable bonds is 6. The van der Waals surface area contributed by atoms with Crippen LogP contribution in [-0.2, 0) is 6.54 Å². The molecule has 0 unspecified atom stereocenters. The Bertz CT molecular complexity index is 660. The summed E-state index contributed by atoms with van der Waals surface area (Å²) in [4.78, 5) is 15.8. The van der Waals surface area contributed by atoms with Crippen molar-refractivity contribution in [1.82, 2.24) is 10.3 Å². The van der Waals surface area contributed by atoms with Crippen LogP contribution in [0.5, 0.6) is 0 Å². The number of halogens is 1. The Balaban J connectivity index is 1.93. The first kappa shape index (κ1) is 16.5. The SMILES string of the molecule is CCCNC(=O)Nc1ccc(NCc2ccc(F)cc2)nc1N. The van der Waals surface area contributed by atoms with Gasteiger partial charge in [0.2, 0.25) is 0 Å². The number of hydrogen-bond donors (Lipinski definition) is 4. The molecule has 7 heteroatoms. The van der Waals surface area contributed by atoms with E-state index in [9.17, 15) is 9.18 Å². The first-order chi connectivity index (χ1) is 11.1. The molecule has 6 nitrogen and oxygen atoms in total. The first-order valence-electron chi connectivity index (χ1n) is 7.38. The molecule has 5 N–H and O–H groups in total. The Labute approximate surface area is 134 Å². The van der Waals surface area contributed by atoms with Gasteiger partial charge < -0.3 is 21.7 Å². The topological polar surface area (TPSA) is 92.1 Å². The van der Waals surface area contributed by atoms with Crippen LogP contribution in [0.4, 0.5) is 26.5 Å². The number of carbonyl (C=O) groups is 1. The molecule has 0 saturated heterocycles. The van der Waals surface area contributed by atoms with E-state index < -0.39 is 0 Å². The van der Waals surface area contributed by atoms with Crippen molar-refractivity contribution in [1.29, 1.82) is 0 Å². The number of nitrogen functional groups attached to an aromatic ring is 1. The number of nitrogens with one attached hydrogen (secondary N) is 3. The van der Waals surface area contributed by atoms with Crippen molar-refractivity contribution in [3.8, 4) is 0 Å². The van der Waals surface area contributed by atoms with Gasteiger partial charge in [-0.05, 0) is 36.2 Å². The van der Waals surface area contributed by atoms with E-state index in [1.807, 2.05) is 6.92 Å². The van der Waals surface area contributed by atoms with Crippen LogP contribution in [-0.4, -0.2) is 17.6 Å². The number of hydrogen-bond acceptors (Lipinski definition) is 4. The average Bonchev–Trinajstić information content (AvgIpc) is 2.54. The van der Waals surface area contributed by atoms with Crippen LogP contribution in [0.2, 0.25) is 0 Å². The van der Waals surface area contributed by atoms with E-state index in [4.69, 9.17) is 5.73 Å². The number of nitrogens with zero attached hydrogens (tertiary/aromatic N) is 1. The number of carbonyl (C=O) groups excluding carboxylic acids is 1. The number of nitrogens with two attached hydrogens (primary N) is 1. The molecule has 0 aliphatic heterocycles. The van der Waals surface area contributed by atoms with Crippen molar-refractivity contribution < 1.29 is 9.18 Å². The zero-order valence-corrected chi connectivity index (χ0v) is 12.9. The maximum atomic E-state index is 12.8. The fourth-order valence-corrected chi connectivity index (χ4v) is 1.88. The van der Waals surface area contributed by atoms with E-state index in [0.29, 0.717) is 24.6 Å². The van der Waals surface area contributed by atoms with E-state index in [-0.39, 0.29) is 17.7 Å². The molecule has 0 bridgehead atoms. The van der Waals surface area contributed by atoms with Crippen molar-refractivity contribution in [2.75, 3.05) is 22.9 Å². The second-order valence-electron chi connectivity index (χ2n) is 4.99. The first-order valence-corrected chi connectivity index (χ1v) is 7.38. The number of pyridine rings is 1. The third kappa shape index (κ3) is 5.14. The van der Waals surface area contributed by atoms with Gasteiger partial charge in [0.05, 0.1) is 5.69 Å². The highest BCUT2D eigenvalue weighted by atomic mass is 19.1. The summed E-state index contributed by atoms with van der Waals surface area (Å²) in [5.74, 6) is 0.528. The fourth-order valence-electron chi connectivity index (χ4n) is 1.88. The molecule has 1 aromatic heterocycles. The van der Waals surface area contributed by atoms with Crippen LogP contribution in [0, 0.1) is 5.82 Å². The molecule has 0 aliphatic carbocycles. The quantitative estimate of drug-likeness (QED) is 0.659. The molecule has 122 valence electrons. The van der Waals surface area contributed by atoms with E-state index >= 15 is 0 Å². The molecule has 23 heavy (non-hydrogen) atoms. The van der Waals surface area contributed by atoms with E-state index in [1.54, 1.807) is 24.3 Å². The molecule has 2 aromatic rings. The second-order valence-corrected chi connectivity index (χ2v) is 4.99. The van der Waals surface area contributed by atoms with Gasteiger partial charge in [-0.15, -0.1) is 0 Å². The maximum Gasteiger partial charge on any atom is 0.319 e. The summed E-state index contributed by atoms with van der Waals surface area (Å²) < 4.78 is 12.8. The predicted octanol–water partition coefficient (Wildman–Crippen LogP) is 2.95. The molecular weight excluding hydrogens is 297 g/mol. The second kappa shape index (κ2) is 7.98. The lowest BCUT2D eigenvalue weighted by Crippen LogP contribution is -2.29. The summed E-state index contributed by atoms with van der Waals surface area (Å²) in [5, 5.41) is 8.43. The lowest BCUT2D eigenvalue weighted by Gasteiger charge is -2.11. The highest BCUT2D eigenvalue weighted by Gasteiger charge is 2.06. The maximum absolute atomic E-state index is 12.8. The van der Waals surface area contributed by atoms with Gasteiger partial charge in [0.1, 0.15) is 17.5 Å². The van der Waals surface area contributed by atoms with E-state index in [0.717, 1.165) is 12.0 Å². The van der Waals surface area contributed by atoms with E-state index in [1.165, 1.54) is 12.1 Å². The van der Waals surface area contributed by atoms with Crippen LogP contribution in [0.15, 0.2) is 36.4 Å². The van der Waals surface area contributed by atoms with Crippen molar-refractivity contribution in [3.05, 3.63) is 47.8 Å². The monoisotopic (exact) mass is 317 g/mol. The summed E-state index contributed by atoms with van der Waals surface area (Å²) >= 11 is 0. The number of benzene rings is 1. The normalized spacial score (nSPS) is 10.2. The molecule has 0 aliphatic rings. The van der Waals surface area contributed by atoms with Gasteiger partial charge in [-0.2, -0.15) is 0 Å². The van der Waals surface area contributed by atoms with Gasteiger partial charge in [-0.3, -0.25) is 0 Å². The van der Waals surface area contributed by atoms with Crippen molar-refractivity contribution in [2.45, 2.75) is 19.9 Å². The highest BCUT2D eigenvalue weighted by Crippen LogP contribution is 2.19. The molecule has 0 spiro atoms. The van der Waals surface area contributed by atoms with Gasteiger partial charge in [0.15, 0.2) is 0 Å². The number of amides is 2. The average molecular weight is 317 g/mol. The molecule has 2 amide bonds. The fraction of sp³-hybridized carbons (Fsp3) is 0.250. The minimum atomic E-state index is -0.313. The summed E-state index contributed by atoms with van der Waals surface area (Å²) in [5.41, 5.74) is 7.22. The predicted molar refractivity (Wildman–Crippen MR) is 89.7 cm³/mol. The van der Waals surface area contributed by atoms with Crippen LogP contribution >= 0.6 is 0 Å². The lowest BCUT2D eigenvalue weighted by atomic mass is 10.2. The minimum Gasteiger partial charge on any atom is -0.382 e. The number of anilines is 3.